The average Bonchev–Trinajstić information content (AvgIpc) is 2.66. The van der Waals surface area contributed by atoms with E-state index in [2.05, 4.69) is 55.3 Å². The third-order valence-electron chi connectivity index (χ3n) is 4.66. The number of anilines is 1. The minimum atomic E-state index is 0.530. The molecule has 1 aliphatic heterocycles. The number of nitrogens with one attached hydrogen (secondary N) is 1. The summed E-state index contributed by atoms with van der Waals surface area (Å²) in [6.45, 7) is 10.3. The molecule has 1 aromatic rings. The van der Waals surface area contributed by atoms with Gasteiger partial charge in [0.1, 0.15) is 0 Å². The van der Waals surface area contributed by atoms with Crippen molar-refractivity contribution in [1.82, 2.24) is 5.32 Å². The molecule has 0 radical (unpaired) electrons. The molecule has 1 heterocycles. The van der Waals surface area contributed by atoms with Gasteiger partial charge in [-0.3, -0.25) is 0 Å². The van der Waals surface area contributed by atoms with E-state index in [1.54, 1.807) is 0 Å². The highest BCUT2D eigenvalue weighted by molar-refractivity contribution is 5.56. The first-order chi connectivity index (χ1) is 9.80. The van der Waals surface area contributed by atoms with Gasteiger partial charge in [0.05, 0.1) is 0 Å². The van der Waals surface area contributed by atoms with Gasteiger partial charge in [-0.05, 0) is 36.9 Å². The van der Waals surface area contributed by atoms with Crippen molar-refractivity contribution in [3.63, 3.8) is 0 Å². The van der Waals surface area contributed by atoms with Crippen molar-refractivity contribution in [3.8, 4) is 0 Å². The van der Waals surface area contributed by atoms with Crippen molar-refractivity contribution in [2.24, 2.45) is 5.92 Å². The number of rotatable bonds is 6. The molecule has 2 nitrogen and oxygen atoms in total. The first-order valence-electron chi connectivity index (χ1n) is 8.37. The Morgan fingerprint density at radius 3 is 2.65 bits per heavy atom. The van der Waals surface area contributed by atoms with Crippen LogP contribution in [0.25, 0.3) is 0 Å². The molecule has 1 atom stereocenters. The van der Waals surface area contributed by atoms with Crippen LogP contribution >= 0.6 is 0 Å². The molecule has 20 heavy (non-hydrogen) atoms. The quantitative estimate of drug-likeness (QED) is 0.828. The molecule has 0 amide bonds. The van der Waals surface area contributed by atoms with Crippen LogP contribution in [0, 0.1) is 5.92 Å². The Morgan fingerprint density at radius 1 is 1.20 bits per heavy atom. The smallest absolute Gasteiger partial charge is 0.0414 e. The van der Waals surface area contributed by atoms with Gasteiger partial charge in [0, 0.05) is 24.8 Å². The van der Waals surface area contributed by atoms with Gasteiger partial charge in [0.2, 0.25) is 0 Å². The molecule has 0 aromatic heterocycles. The number of hydrogen-bond acceptors (Lipinski definition) is 2. The first kappa shape index (κ1) is 15.4. The van der Waals surface area contributed by atoms with Crippen molar-refractivity contribution < 1.29 is 0 Å². The first-order valence-corrected chi connectivity index (χ1v) is 8.37. The van der Waals surface area contributed by atoms with Crippen LogP contribution in [0.2, 0.25) is 0 Å². The number of nitrogens with zero attached hydrogens (tertiary/aromatic N) is 1. The van der Waals surface area contributed by atoms with Gasteiger partial charge >= 0.3 is 0 Å². The van der Waals surface area contributed by atoms with E-state index in [0.29, 0.717) is 6.04 Å². The lowest BCUT2D eigenvalue weighted by molar-refractivity contribution is 0.476. The van der Waals surface area contributed by atoms with Crippen LogP contribution in [-0.2, 0) is 0 Å². The molecular formula is C18H30N2. The second kappa shape index (κ2) is 7.68. The molecule has 0 spiro atoms. The second-order valence-corrected chi connectivity index (χ2v) is 5.94. The number of hydrogen-bond donors (Lipinski definition) is 1. The van der Waals surface area contributed by atoms with Crippen LogP contribution in [0.3, 0.4) is 0 Å². The third-order valence-corrected chi connectivity index (χ3v) is 4.66. The normalized spacial score (nSPS) is 19.0. The summed E-state index contributed by atoms with van der Waals surface area (Å²) < 4.78 is 0. The summed E-state index contributed by atoms with van der Waals surface area (Å²) in [6.07, 6.45) is 5.11. The fraction of sp³-hybridized carbons (Fsp3) is 0.667. The zero-order valence-electron chi connectivity index (χ0n) is 13.4. The second-order valence-electron chi connectivity index (χ2n) is 5.94. The standard InChI is InChI=1S/C18H30N2/c1-4-15(5-2)14-20-13-9-11-17(19-6-3)16-10-7-8-12-18(16)20/h7-8,10,12,15,17,19H,4-6,9,11,13-14H2,1-3H3. The number of para-hydroxylation sites is 1. The molecule has 112 valence electrons. The highest BCUT2D eigenvalue weighted by Crippen LogP contribution is 2.33. The Morgan fingerprint density at radius 2 is 1.95 bits per heavy atom. The van der Waals surface area contributed by atoms with Gasteiger partial charge in [-0.15, -0.1) is 0 Å². The highest BCUT2D eigenvalue weighted by atomic mass is 15.1. The predicted molar refractivity (Wildman–Crippen MR) is 88.4 cm³/mol. The molecule has 1 aromatic carbocycles. The lowest BCUT2D eigenvalue weighted by Crippen LogP contribution is -2.30. The van der Waals surface area contributed by atoms with Crippen LogP contribution in [0.1, 0.15) is 58.1 Å². The van der Waals surface area contributed by atoms with E-state index in [1.165, 1.54) is 50.0 Å². The molecule has 1 unspecified atom stereocenters. The predicted octanol–water partition coefficient (Wildman–Crippen LogP) is 4.37. The molecule has 0 bridgehead atoms. The molecule has 0 saturated carbocycles. The summed E-state index contributed by atoms with van der Waals surface area (Å²) in [7, 11) is 0. The molecule has 2 heteroatoms. The van der Waals surface area contributed by atoms with E-state index in [1.807, 2.05) is 0 Å². The van der Waals surface area contributed by atoms with Crippen molar-refractivity contribution in [3.05, 3.63) is 29.8 Å². The Balaban J connectivity index is 2.23. The lowest BCUT2D eigenvalue weighted by atomic mass is 10.0. The van der Waals surface area contributed by atoms with Gasteiger partial charge < -0.3 is 10.2 Å². The maximum atomic E-state index is 3.66. The zero-order chi connectivity index (χ0) is 14.4. The van der Waals surface area contributed by atoms with E-state index in [9.17, 15) is 0 Å². The Hall–Kier alpha value is -1.02. The van der Waals surface area contributed by atoms with Crippen LogP contribution in [0.4, 0.5) is 5.69 Å². The monoisotopic (exact) mass is 274 g/mol. The van der Waals surface area contributed by atoms with E-state index in [0.717, 1.165) is 12.5 Å². The van der Waals surface area contributed by atoms with Gasteiger partial charge in [-0.25, -0.2) is 0 Å². The minimum Gasteiger partial charge on any atom is -0.371 e. The van der Waals surface area contributed by atoms with Crippen LogP contribution < -0.4 is 10.2 Å². The fourth-order valence-electron chi connectivity index (χ4n) is 3.34. The Kier molecular flexibility index (Phi) is 5.90. The van der Waals surface area contributed by atoms with Gasteiger partial charge in [-0.1, -0.05) is 51.8 Å². The lowest BCUT2D eigenvalue weighted by Gasteiger charge is -2.29. The van der Waals surface area contributed by atoms with E-state index < -0.39 is 0 Å². The van der Waals surface area contributed by atoms with Crippen molar-refractivity contribution in [2.45, 2.75) is 52.5 Å². The van der Waals surface area contributed by atoms with E-state index >= 15 is 0 Å². The Labute approximate surface area is 124 Å². The van der Waals surface area contributed by atoms with Gasteiger partial charge in [0.25, 0.3) is 0 Å². The number of fused-ring (bicyclic) bond motifs is 1. The maximum Gasteiger partial charge on any atom is 0.0414 e. The average molecular weight is 274 g/mol. The van der Waals surface area contributed by atoms with Crippen molar-refractivity contribution >= 4 is 5.69 Å². The summed E-state index contributed by atoms with van der Waals surface area (Å²) in [5, 5.41) is 3.66. The third kappa shape index (κ3) is 3.54. The minimum absolute atomic E-state index is 0.530. The van der Waals surface area contributed by atoms with E-state index in [-0.39, 0.29) is 0 Å². The van der Waals surface area contributed by atoms with Crippen molar-refractivity contribution in [2.75, 3.05) is 24.5 Å². The molecule has 0 fully saturated rings. The SMILES string of the molecule is CCNC1CCCN(CC(CC)CC)c2ccccc21. The summed E-state index contributed by atoms with van der Waals surface area (Å²) in [4.78, 5) is 2.63. The molecule has 1 aliphatic rings. The Bertz CT molecular complexity index is 398. The van der Waals surface area contributed by atoms with E-state index in [4.69, 9.17) is 0 Å². The van der Waals surface area contributed by atoms with Crippen molar-refractivity contribution in [1.29, 1.82) is 0 Å². The maximum absolute atomic E-state index is 3.66. The largest absolute Gasteiger partial charge is 0.371 e. The zero-order valence-corrected chi connectivity index (χ0v) is 13.4. The summed E-state index contributed by atoms with van der Waals surface area (Å²) in [5.41, 5.74) is 2.96. The molecule has 0 saturated heterocycles. The molecule has 0 aliphatic carbocycles. The highest BCUT2D eigenvalue weighted by Gasteiger charge is 2.23. The summed E-state index contributed by atoms with van der Waals surface area (Å²) >= 11 is 0. The topological polar surface area (TPSA) is 15.3 Å². The molecular weight excluding hydrogens is 244 g/mol. The summed E-state index contributed by atoms with van der Waals surface area (Å²) in [6, 6.07) is 9.53. The van der Waals surface area contributed by atoms with Crippen LogP contribution in [-0.4, -0.2) is 19.6 Å². The van der Waals surface area contributed by atoms with Gasteiger partial charge in [0.15, 0.2) is 0 Å². The van der Waals surface area contributed by atoms with Crippen LogP contribution in [0.5, 0.6) is 0 Å². The van der Waals surface area contributed by atoms with Gasteiger partial charge in [-0.2, -0.15) is 0 Å². The molecule has 1 N–H and O–H groups in total. The van der Waals surface area contributed by atoms with Crippen LogP contribution in [0.15, 0.2) is 24.3 Å². The summed E-state index contributed by atoms with van der Waals surface area (Å²) in [5.74, 6) is 0.818. The fourth-order valence-corrected chi connectivity index (χ4v) is 3.34. The number of benzene rings is 1. The molecule has 2 rings (SSSR count).